The Bertz CT molecular complexity index is 98.7. The third-order valence-corrected chi connectivity index (χ3v) is 2.11. The summed E-state index contributed by atoms with van der Waals surface area (Å²) in [6.45, 7) is 6.75. The molecule has 0 aliphatic carbocycles. The zero-order chi connectivity index (χ0) is 9.45. The van der Waals surface area contributed by atoms with Crippen molar-refractivity contribution in [2.24, 2.45) is 5.73 Å². The molecule has 0 heterocycles. The lowest BCUT2D eigenvalue weighted by Gasteiger charge is -2.29. The van der Waals surface area contributed by atoms with Crippen molar-refractivity contribution in [1.29, 1.82) is 0 Å². The van der Waals surface area contributed by atoms with E-state index in [9.17, 15) is 0 Å². The highest BCUT2D eigenvalue weighted by Gasteiger charge is 2.20. The van der Waals surface area contributed by atoms with Gasteiger partial charge >= 0.3 is 0 Å². The zero-order valence-electron chi connectivity index (χ0n) is 8.52. The molecule has 0 aromatic carbocycles. The first-order valence-corrected chi connectivity index (χ1v) is 4.62. The molecule has 1 unspecified atom stereocenters. The molecule has 12 heavy (non-hydrogen) atoms. The van der Waals surface area contributed by atoms with E-state index < -0.39 is 0 Å². The molecule has 0 radical (unpaired) electrons. The maximum atomic E-state index is 5.67. The van der Waals surface area contributed by atoms with E-state index in [0.717, 1.165) is 26.0 Å². The second kappa shape index (κ2) is 6.40. The van der Waals surface area contributed by atoms with Gasteiger partial charge in [0.15, 0.2) is 0 Å². The highest BCUT2D eigenvalue weighted by atomic mass is 16.5. The van der Waals surface area contributed by atoms with Crippen LogP contribution in [0, 0.1) is 0 Å². The van der Waals surface area contributed by atoms with Gasteiger partial charge in [-0.1, -0.05) is 6.92 Å². The SMILES string of the molecule is CCCNC(C)(CN)CCOC. The number of hydrogen-bond donors (Lipinski definition) is 2. The van der Waals surface area contributed by atoms with Gasteiger partial charge in [-0.3, -0.25) is 0 Å². The molecular formula is C9H22N2O. The van der Waals surface area contributed by atoms with E-state index in [1.165, 1.54) is 0 Å². The molecule has 0 saturated carbocycles. The van der Waals surface area contributed by atoms with Crippen LogP contribution in [0.15, 0.2) is 0 Å². The number of ether oxygens (including phenoxy) is 1. The second-order valence-electron chi connectivity index (χ2n) is 3.43. The van der Waals surface area contributed by atoms with Crippen LogP contribution in [0.4, 0.5) is 0 Å². The number of hydrogen-bond acceptors (Lipinski definition) is 3. The smallest absolute Gasteiger partial charge is 0.0480 e. The first-order chi connectivity index (χ1) is 5.68. The molecule has 0 bridgehead atoms. The topological polar surface area (TPSA) is 47.3 Å². The van der Waals surface area contributed by atoms with Crippen LogP contribution in [-0.4, -0.2) is 32.3 Å². The summed E-state index contributed by atoms with van der Waals surface area (Å²) < 4.78 is 5.02. The minimum Gasteiger partial charge on any atom is -0.385 e. The summed E-state index contributed by atoms with van der Waals surface area (Å²) in [7, 11) is 1.72. The van der Waals surface area contributed by atoms with E-state index in [-0.39, 0.29) is 5.54 Å². The molecule has 74 valence electrons. The van der Waals surface area contributed by atoms with Gasteiger partial charge in [-0.2, -0.15) is 0 Å². The average molecular weight is 174 g/mol. The molecule has 0 amide bonds. The summed E-state index contributed by atoms with van der Waals surface area (Å²) in [5.41, 5.74) is 5.72. The fourth-order valence-electron chi connectivity index (χ4n) is 1.02. The quantitative estimate of drug-likeness (QED) is 0.598. The predicted octanol–water partition coefficient (Wildman–Crippen LogP) is 0.740. The van der Waals surface area contributed by atoms with E-state index in [0.29, 0.717) is 6.54 Å². The van der Waals surface area contributed by atoms with E-state index >= 15 is 0 Å². The van der Waals surface area contributed by atoms with Crippen molar-refractivity contribution >= 4 is 0 Å². The van der Waals surface area contributed by atoms with Gasteiger partial charge in [0.2, 0.25) is 0 Å². The summed E-state index contributed by atoms with van der Waals surface area (Å²) in [5.74, 6) is 0. The maximum Gasteiger partial charge on any atom is 0.0480 e. The molecule has 0 aliphatic rings. The molecule has 3 heteroatoms. The fourth-order valence-corrected chi connectivity index (χ4v) is 1.02. The molecule has 0 saturated heterocycles. The molecule has 3 nitrogen and oxygen atoms in total. The Morgan fingerprint density at radius 1 is 1.50 bits per heavy atom. The van der Waals surface area contributed by atoms with Gasteiger partial charge in [0.25, 0.3) is 0 Å². The van der Waals surface area contributed by atoms with Gasteiger partial charge in [-0.15, -0.1) is 0 Å². The third kappa shape index (κ3) is 4.70. The average Bonchev–Trinajstić information content (AvgIpc) is 2.11. The molecule has 1 atom stereocenters. The lowest BCUT2D eigenvalue weighted by Crippen LogP contribution is -2.49. The van der Waals surface area contributed by atoms with Crippen molar-refractivity contribution in [2.75, 3.05) is 26.8 Å². The Labute approximate surface area is 75.7 Å². The normalized spacial score (nSPS) is 16.0. The second-order valence-corrected chi connectivity index (χ2v) is 3.43. The Morgan fingerprint density at radius 3 is 2.58 bits per heavy atom. The van der Waals surface area contributed by atoms with E-state index in [4.69, 9.17) is 10.5 Å². The summed E-state index contributed by atoms with van der Waals surface area (Å²) in [6, 6.07) is 0. The summed E-state index contributed by atoms with van der Waals surface area (Å²) in [4.78, 5) is 0. The Balaban J connectivity index is 3.70. The van der Waals surface area contributed by atoms with Crippen LogP contribution in [-0.2, 0) is 4.74 Å². The lowest BCUT2D eigenvalue weighted by molar-refractivity contribution is 0.161. The highest BCUT2D eigenvalue weighted by Crippen LogP contribution is 2.07. The van der Waals surface area contributed by atoms with Crippen molar-refractivity contribution in [3.8, 4) is 0 Å². The van der Waals surface area contributed by atoms with Crippen molar-refractivity contribution < 1.29 is 4.74 Å². The summed E-state index contributed by atoms with van der Waals surface area (Å²) >= 11 is 0. The minimum atomic E-state index is 0.0476. The first-order valence-electron chi connectivity index (χ1n) is 4.62. The van der Waals surface area contributed by atoms with Gasteiger partial charge in [-0.05, 0) is 26.3 Å². The number of nitrogens with one attached hydrogen (secondary N) is 1. The van der Waals surface area contributed by atoms with E-state index in [1.54, 1.807) is 7.11 Å². The van der Waals surface area contributed by atoms with Gasteiger partial charge in [0.1, 0.15) is 0 Å². The molecule has 3 N–H and O–H groups in total. The Hall–Kier alpha value is -0.120. The fraction of sp³-hybridized carbons (Fsp3) is 1.00. The van der Waals surface area contributed by atoms with Crippen LogP contribution < -0.4 is 11.1 Å². The maximum absolute atomic E-state index is 5.67. The molecular weight excluding hydrogens is 152 g/mol. The van der Waals surface area contributed by atoms with Crippen LogP contribution in [0.3, 0.4) is 0 Å². The minimum absolute atomic E-state index is 0.0476. The summed E-state index contributed by atoms with van der Waals surface area (Å²) in [5, 5.41) is 3.43. The number of rotatable bonds is 7. The van der Waals surface area contributed by atoms with Crippen molar-refractivity contribution in [3.05, 3.63) is 0 Å². The van der Waals surface area contributed by atoms with Gasteiger partial charge in [0, 0.05) is 25.8 Å². The molecule has 0 spiro atoms. The number of nitrogens with two attached hydrogens (primary N) is 1. The standard InChI is InChI=1S/C9H22N2O/c1-4-6-11-9(2,8-10)5-7-12-3/h11H,4-8,10H2,1-3H3. The van der Waals surface area contributed by atoms with Gasteiger partial charge in [-0.25, -0.2) is 0 Å². The van der Waals surface area contributed by atoms with E-state index in [2.05, 4.69) is 19.2 Å². The zero-order valence-corrected chi connectivity index (χ0v) is 8.52. The van der Waals surface area contributed by atoms with Crippen LogP contribution >= 0.6 is 0 Å². The van der Waals surface area contributed by atoms with Crippen molar-refractivity contribution in [2.45, 2.75) is 32.2 Å². The van der Waals surface area contributed by atoms with Crippen molar-refractivity contribution in [1.82, 2.24) is 5.32 Å². The largest absolute Gasteiger partial charge is 0.385 e. The monoisotopic (exact) mass is 174 g/mol. The molecule has 0 aromatic rings. The highest BCUT2D eigenvalue weighted by molar-refractivity contribution is 4.83. The molecule has 0 fully saturated rings. The van der Waals surface area contributed by atoms with Gasteiger partial charge < -0.3 is 15.8 Å². The molecule has 0 rings (SSSR count). The third-order valence-electron chi connectivity index (χ3n) is 2.11. The molecule has 0 aliphatic heterocycles. The van der Waals surface area contributed by atoms with Crippen LogP contribution in [0.2, 0.25) is 0 Å². The predicted molar refractivity (Wildman–Crippen MR) is 52.2 cm³/mol. The van der Waals surface area contributed by atoms with Crippen molar-refractivity contribution in [3.63, 3.8) is 0 Å². The Morgan fingerprint density at radius 2 is 2.17 bits per heavy atom. The van der Waals surface area contributed by atoms with Gasteiger partial charge in [0.05, 0.1) is 0 Å². The lowest BCUT2D eigenvalue weighted by atomic mass is 9.98. The van der Waals surface area contributed by atoms with E-state index in [1.807, 2.05) is 0 Å². The first kappa shape index (κ1) is 11.9. The van der Waals surface area contributed by atoms with Crippen LogP contribution in [0.25, 0.3) is 0 Å². The number of methoxy groups -OCH3 is 1. The van der Waals surface area contributed by atoms with Crippen LogP contribution in [0.5, 0.6) is 0 Å². The molecule has 0 aromatic heterocycles. The Kier molecular flexibility index (Phi) is 6.34. The summed E-state index contributed by atoms with van der Waals surface area (Å²) in [6.07, 6.45) is 2.11. The van der Waals surface area contributed by atoms with Crippen LogP contribution in [0.1, 0.15) is 26.7 Å².